The quantitative estimate of drug-likeness (QED) is 0.384. The summed E-state index contributed by atoms with van der Waals surface area (Å²) in [7, 11) is 0. The summed E-state index contributed by atoms with van der Waals surface area (Å²) >= 11 is 0. The minimum Gasteiger partial charge on any atom is -0.393 e. The normalized spacial score (nSPS) is 29.1. The van der Waals surface area contributed by atoms with E-state index in [1.54, 1.807) is 0 Å². The second-order valence-electron chi connectivity index (χ2n) is 7.80. The molecule has 0 aromatic rings. The molecule has 0 heterocycles. The molecule has 2 aliphatic carbocycles. The molecule has 4 unspecified atom stereocenters. The Bertz CT molecular complexity index is 353. The van der Waals surface area contributed by atoms with Crippen LogP contribution in [0.5, 0.6) is 0 Å². The zero-order valence-corrected chi connectivity index (χ0v) is 15.6. The van der Waals surface area contributed by atoms with Crippen LogP contribution in [0.4, 0.5) is 0 Å². The van der Waals surface area contributed by atoms with E-state index in [0.717, 1.165) is 30.6 Å². The molecule has 2 N–H and O–H groups in total. The molecule has 2 fully saturated rings. The van der Waals surface area contributed by atoms with Gasteiger partial charge in [-0.3, -0.25) is 4.79 Å². The van der Waals surface area contributed by atoms with E-state index in [1.165, 1.54) is 64.2 Å². The van der Waals surface area contributed by atoms with E-state index in [1.807, 2.05) is 0 Å². The lowest BCUT2D eigenvalue weighted by Crippen LogP contribution is -2.33. The van der Waals surface area contributed by atoms with Crippen LogP contribution < -0.4 is 0 Å². The third kappa shape index (κ3) is 8.43. The van der Waals surface area contributed by atoms with E-state index in [4.69, 9.17) is 5.11 Å². The molecule has 140 valence electrons. The molecule has 0 aromatic heterocycles. The van der Waals surface area contributed by atoms with Crippen molar-refractivity contribution in [1.82, 2.24) is 0 Å². The number of aliphatic hydroxyl groups excluding tert-OH is 2. The molecule has 0 aliphatic heterocycles. The van der Waals surface area contributed by atoms with Gasteiger partial charge in [-0.1, -0.05) is 58.4 Å². The summed E-state index contributed by atoms with van der Waals surface area (Å²) in [6.07, 6.45) is 17.0. The fourth-order valence-electron chi connectivity index (χ4n) is 4.30. The van der Waals surface area contributed by atoms with Gasteiger partial charge in [-0.2, -0.15) is 0 Å². The van der Waals surface area contributed by atoms with Crippen molar-refractivity contribution >= 4 is 6.29 Å². The molecule has 0 aromatic carbocycles. The van der Waals surface area contributed by atoms with Crippen LogP contribution in [-0.4, -0.2) is 29.2 Å². The average molecular weight is 339 g/mol. The number of aliphatic hydroxyl groups is 2. The molecule has 2 aliphatic rings. The SMILES string of the molecule is C=C(C=O)CO.CCCCCCCC1CCC2CC(O)CCC2C1. The fourth-order valence-corrected chi connectivity index (χ4v) is 4.30. The van der Waals surface area contributed by atoms with E-state index in [-0.39, 0.29) is 18.3 Å². The number of hydrogen-bond acceptors (Lipinski definition) is 3. The molecule has 0 radical (unpaired) electrons. The number of carbonyl (C=O) groups is 1. The van der Waals surface area contributed by atoms with Gasteiger partial charge in [0.15, 0.2) is 0 Å². The Balaban J connectivity index is 0.000000413. The summed E-state index contributed by atoms with van der Waals surface area (Å²) in [5, 5.41) is 17.7. The van der Waals surface area contributed by atoms with Gasteiger partial charge in [0.25, 0.3) is 0 Å². The van der Waals surface area contributed by atoms with Crippen molar-refractivity contribution in [3.05, 3.63) is 12.2 Å². The number of unbranched alkanes of at least 4 members (excludes halogenated alkanes) is 4. The maximum atomic E-state index is 9.74. The Hall–Kier alpha value is -0.670. The molecule has 2 saturated carbocycles. The van der Waals surface area contributed by atoms with Crippen molar-refractivity contribution in [2.75, 3.05) is 6.61 Å². The maximum absolute atomic E-state index is 9.74. The van der Waals surface area contributed by atoms with Crippen LogP contribution in [0.1, 0.15) is 84.0 Å². The highest BCUT2D eigenvalue weighted by atomic mass is 16.3. The van der Waals surface area contributed by atoms with Gasteiger partial charge in [-0.25, -0.2) is 0 Å². The van der Waals surface area contributed by atoms with Gasteiger partial charge in [-0.15, -0.1) is 0 Å². The monoisotopic (exact) mass is 338 g/mol. The lowest BCUT2D eigenvalue weighted by atomic mass is 9.66. The number of aldehydes is 1. The summed E-state index contributed by atoms with van der Waals surface area (Å²) in [5.74, 6) is 2.84. The molecule has 0 amide bonds. The summed E-state index contributed by atoms with van der Waals surface area (Å²) < 4.78 is 0. The van der Waals surface area contributed by atoms with Crippen LogP contribution >= 0.6 is 0 Å². The van der Waals surface area contributed by atoms with Crippen LogP contribution in [-0.2, 0) is 4.79 Å². The third-order valence-electron chi connectivity index (χ3n) is 5.78. The molecule has 0 bridgehead atoms. The zero-order chi connectivity index (χ0) is 17.8. The van der Waals surface area contributed by atoms with Gasteiger partial charge in [0.1, 0.15) is 6.29 Å². The van der Waals surface area contributed by atoms with Gasteiger partial charge in [0.05, 0.1) is 12.7 Å². The van der Waals surface area contributed by atoms with E-state index in [9.17, 15) is 9.90 Å². The molecule has 24 heavy (non-hydrogen) atoms. The minimum atomic E-state index is -0.233. The summed E-state index contributed by atoms with van der Waals surface area (Å²) in [6, 6.07) is 0. The van der Waals surface area contributed by atoms with Crippen molar-refractivity contribution < 1.29 is 15.0 Å². The molecule has 3 nitrogen and oxygen atoms in total. The highest BCUT2D eigenvalue weighted by Crippen LogP contribution is 2.44. The minimum absolute atomic E-state index is 0.0249. The Morgan fingerprint density at radius 2 is 1.71 bits per heavy atom. The highest BCUT2D eigenvalue weighted by Gasteiger charge is 2.34. The molecular formula is C21H38O3. The van der Waals surface area contributed by atoms with Crippen molar-refractivity contribution in [2.24, 2.45) is 17.8 Å². The summed E-state index contributed by atoms with van der Waals surface area (Å²) in [5.41, 5.74) is 0.218. The van der Waals surface area contributed by atoms with Crippen LogP contribution in [0, 0.1) is 17.8 Å². The third-order valence-corrected chi connectivity index (χ3v) is 5.78. The zero-order valence-electron chi connectivity index (χ0n) is 15.6. The van der Waals surface area contributed by atoms with Gasteiger partial charge in [-0.05, 0) is 49.9 Å². The van der Waals surface area contributed by atoms with Gasteiger partial charge < -0.3 is 10.2 Å². The van der Waals surface area contributed by atoms with Gasteiger partial charge >= 0.3 is 0 Å². The van der Waals surface area contributed by atoms with Crippen LogP contribution in [0.15, 0.2) is 12.2 Å². The highest BCUT2D eigenvalue weighted by molar-refractivity contribution is 5.72. The molecule has 4 atom stereocenters. The van der Waals surface area contributed by atoms with E-state index in [0.29, 0.717) is 6.29 Å². The molecule has 2 rings (SSSR count). The van der Waals surface area contributed by atoms with E-state index in [2.05, 4.69) is 13.5 Å². The second-order valence-corrected chi connectivity index (χ2v) is 7.80. The maximum Gasteiger partial charge on any atom is 0.147 e. The first kappa shape index (κ1) is 21.4. The number of hydrogen-bond donors (Lipinski definition) is 2. The first-order valence-corrected chi connectivity index (χ1v) is 10.0. The topological polar surface area (TPSA) is 57.5 Å². The predicted molar refractivity (Wildman–Crippen MR) is 99.8 cm³/mol. The number of rotatable bonds is 8. The Kier molecular flexibility index (Phi) is 11.3. The largest absolute Gasteiger partial charge is 0.393 e. The lowest BCUT2D eigenvalue weighted by Gasteiger charge is -2.41. The molecular weight excluding hydrogens is 300 g/mol. The second kappa shape index (κ2) is 12.7. The molecule has 3 heteroatoms. The van der Waals surface area contributed by atoms with Crippen molar-refractivity contribution in [2.45, 2.75) is 90.1 Å². The Morgan fingerprint density at radius 1 is 1.04 bits per heavy atom. The fraction of sp³-hybridized carbons (Fsp3) is 0.857. The van der Waals surface area contributed by atoms with Gasteiger partial charge in [0, 0.05) is 5.57 Å². The Morgan fingerprint density at radius 3 is 2.33 bits per heavy atom. The molecule has 0 spiro atoms. The lowest BCUT2D eigenvalue weighted by molar-refractivity contribution is -0.105. The number of carbonyl (C=O) groups excluding carboxylic acids is 1. The van der Waals surface area contributed by atoms with Crippen LogP contribution in [0.3, 0.4) is 0 Å². The first-order valence-electron chi connectivity index (χ1n) is 10.0. The summed E-state index contributed by atoms with van der Waals surface area (Å²) in [4.78, 5) is 9.48. The smallest absolute Gasteiger partial charge is 0.147 e. The van der Waals surface area contributed by atoms with Crippen molar-refractivity contribution in [3.63, 3.8) is 0 Å². The van der Waals surface area contributed by atoms with E-state index < -0.39 is 0 Å². The molecule has 0 saturated heterocycles. The van der Waals surface area contributed by atoms with Crippen LogP contribution in [0.2, 0.25) is 0 Å². The average Bonchev–Trinajstić information content (AvgIpc) is 2.61. The first-order chi connectivity index (χ1) is 11.6. The van der Waals surface area contributed by atoms with Crippen molar-refractivity contribution in [1.29, 1.82) is 0 Å². The number of fused-ring (bicyclic) bond motifs is 1. The van der Waals surface area contributed by atoms with E-state index >= 15 is 0 Å². The summed E-state index contributed by atoms with van der Waals surface area (Å²) in [6.45, 7) is 5.23. The Labute approximate surface area is 148 Å². The van der Waals surface area contributed by atoms with Crippen LogP contribution in [0.25, 0.3) is 0 Å². The van der Waals surface area contributed by atoms with Crippen molar-refractivity contribution in [3.8, 4) is 0 Å². The van der Waals surface area contributed by atoms with Gasteiger partial charge in [0.2, 0.25) is 0 Å². The predicted octanol–water partition coefficient (Wildman–Crippen LogP) is 4.66. The standard InChI is InChI=1S/C17H32O.C4H6O2/c1-2-3-4-5-6-7-14-8-9-16-13-17(18)11-10-15(16)12-14;1-4(2-5)3-6/h14-18H,2-13H2,1H3;2,6H,1,3H2.